The fourth-order valence-electron chi connectivity index (χ4n) is 4.43. The lowest BCUT2D eigenvalue weighted by molar-refractivity contribution is -0.845. The van der Waals surface area contributed by atoms with Crippen LogP contribution < -0.4 is 10.1 Å². The van der Waals surface area contributed by atoms with Crippen molar-refractivity contribution >= 4 is 40.7 Å². The van der Waals surface area contributed by atoms with Crippen molar-refractivity contribution in [1.29, 1.82) is 0 Å². The van der Waals surface area contributed by atoms with Gasteiger partial charge in [0.1, 0.15) is 5.75 Å². The number of piperidine rings is 3. The van der Waals surface area contributed by atoms with E-state index in [9.17, 15) is 0 Å². The molecule has 0 saturated carbocycles. The van der Waals surface area contributed by atoms with Crippen molar-refractivity contribution in [2.24, 2.45) is 10.9 Å². The van der Waals surface area contributed by atoms with Gasteiger partial charge in [-0.05, 0) is 31.0 Å². The SMILES string of the molecule is [B-][N+]12CCC(CC1)C1(CN=C(Nc3nc4ccc(OC)cc4s3)O1)C2. The van der Waals surface area contributed by atoms with Crippen LogP contribution in [0.1, 0.15) is 12.8 Å². The third-order valence-electron chi connectivity index (χ3n) is 5.77. The highest BCUT2D eigenvalue weighted by Crippen LogP contribution is 2.43. The van der Waals surface area contributed by atoms with Crippen LogP contribution in [0.4, 0.5) is 5.13 Å². The number of amidine groups is 1. The summed E-state index contributed by atoms with van der Waals surface area (Å²) in [4.78, 5) is 9.23. The van der Waals surface area contributed by atoms with Crippen molar-refractivity contribution in [2.45, 2.75) is 18.4 Å². The molecule has 6 rings (SSSR count). The molecule has 3 radical (unpaired) electrons. The number of thiazole rings is 1. The quantitative estimate of drug-likeness (QED) is 0.839. The Balaban J connectivity index is 1.34. The third-order valence-corrected chi connectivity index (χ3v) is 6.71. The van der Waals surface area contributed by atoms with Gasteiger partial charge in [-0.1, -0.05) is 11.3 Å². The Kier molecular flexibility index (Phi) is 3.31. The highest BCUT2D eigenvalue weighted by atomic mass is 32.1. The molecule has 4 aliphatic rings. The monoisotopic (exact) mass is 355 g/mol. The molecule has 4 aliphatic heterocycles. The van der Waals surface area contributed by atoms with E-state index in [1.54, 1.807) is 18.4 Å². The number of nitrogens with zero attached hydrogens (tertiary/aromatic N) is 3. The lowest BCUT2D eigenvalue weighted by atomic mass is 9.72. The second-order valence-corrected chi connectivity index (χ2v) is 8.39. The van der Waals surface area contributed by atoms with E-state index in [0.29, 0.717) is 22.9 Å². The number of methoxy groups -OCH3 is 1. The normalized spacial score (nSPS) is 33.5. The zero-order valence-electron chi connectivity index (χ0n) is 14.2. The summed E-state index contributed by atoms with van der Waals surface area (Å²) in [5.41, 5.74) is 0.712. The first-order valence-corrected chi connectivity index (χ1v) is 9.49. The van der Waals surface area contributed by atoms with Crippen LogP contribution in [-0.2, 0) is 4.74 Å². The average Bonchev–Trinajstić information content (AvgIpc) is 3.18. The van der Waals surface area contributed by atoms with E-state index in [1.807, 2.05) is 18.2 Å². The largest absolute Gasteiger partial charge is 0.585 e. The molecule has 1 aromatic carbocycles. The number of quaternary nitrogens is 1. The fourth-order valence-corrected chi connectivity index (χ4v) is 5.31. The second-order valence-electron chi connectivity index (χ2n) is 7.36. The first-order valence-electron chi connectivity index (χ1n) is 8.67. The van der Waals surface area contributed by atoms with Gasteiger partial charge in [0.05, 0.1) is 30.4 Å². The fraction of sp³-hybridized carbons (Fsp3) is 0.529. The minimum Gasteiger partial charge on any atom is -0.585 e. The number of nitrogens with one attached hydrogen (secondary N) is 1. The Hall–Kier alpha value is -1.80. The van der Waals surface area contributed by atoms with Crippen molar-refractivity contribution in [1.82, 2.24) is 4.98 Å². The van der Waals surface area contributed by atoms with Crippen LogP contribution in [0, 0.1) is 5.92 Å². The van der Waals surface area contributed by atoms with Crippen LogP contribution in [0.2, 0.25) is 0 Å². The Morgan fingerprint density at radius 3 is 3.00 bits per heavy atom. The van der Waals surface area contributed by atoms with Gasteiger partial charge in [-0.25, -0.2) is 18.0 Å². The van der Waals surface area contributed by atoms with Crippen LogP contribution in [0.25, 0.3) is 10.2 Å². The summed E-state index contributed by atoms with van der Waals surface area (Å²) in [5.74, 6) is 1.39. The summed E-state index contributed by atoms with van der Waals surface area (Å²) < 4.78 is 13.3. The standard InChI is InChI=1S/C17H20BN4O2S/c1-23-12-2-3-13-14(8-12)25-16(20-13)21-15-19-9-17(24-15)10-22(18)6-4-11(17)5-7-22/h2-3,8,11H,4-7,9-10H2,1H3,(H,19,20,21). The number of fused-ring (bicyclic) bond motifs is 3. The molecule has 0 amide bonds. The molecule has 0 aliphatic carbocycles. The lowest BCUT2D eigenvalue weighted by Gasteiger charge is -2.64. The molecule has 1 unspecified atom stereocenters. The van der Waals surface area contributed by atoms with Crippen LogP contribution in [0.5, 0.6) is 5.75 Å². The first kappa shape index (κ1) is 15.5. The molecular formula is C17H20BN4O2S. The zero-order chi connectivity index (χ0) is 17.1. The van der Waals surface area contributed by atoms with Gasteiger partial charge in [-0.15, -0.1) is 0 Å². The van der Waals surface area contributed by atoms with Gasteiger partial charge in [0, 0.05) is 19.0 Å². The van der Waals surface area contributed by atoms with E-state index in [4.69, 9.17) is 17.5 Å². The summed E-state index contributed by atoms with van der Waals surface area (Å²) in [7, 11) is 8.16. The zero-order valence-corrected chi connectivity index (χ0v) is 15.0. The molecule has 1 N–H and O–H groups in total. The van der Waals surface area contributed by atoms with Gasteiger partial charge in [-0.2, -0.15) is 0 Å². The molecular weight excluding hydrogens is 335 g/mol. The van der Waals surface area contributed by atoms with E-state index in [1.165, 1.54) is 0 Å². The van der Waals surface area contributed by atoms with Gasteiger partial charge in [0.25, 0.3) is 6.02 Å². The highest BCUT2D eigenvalue weighted by Gasteiger charge is 2.54. The number of aliphatic imine (C=N–C) groups is 1. The molecule has 129 valence electrons. The second kappa shape index (κ2) is 5.35. The van der Waals surface area contributed by atoms with Crippen LogP contribution in [0.3, 0.4) is 0 Å². The van der Waals surface area contributed by atoms with Crippen molar-refractivity contribution < 1.29 is 13.9 Å². The molecule has 2 bridgehead atoms. The van der Waals surface area contributed by atoms with Gasteiger partial charge >= 0.3 is 0 Å². The maximum Gasteiger partial charge on any atom is 0.292 e. The summed E-state index contributed by atoms with van der Waals surface area (Å²) in [6.07, 6.45) is 2.25. The summed E-state index contributed by atoms with van der Waals surface area (Å²) in [6.45, 7) is 3.65. The lowest BCUT2D eigenvalue weighted by Crippen LogP contribution is -2.69. The molecule has 5 heterocycles. The number of rotatable bonds is 2. The summed E-state index contributed by atoms with van der Waals surface area (Å²) in [6, 6.07) is 6.45. The molecule has 2 aromatic rings. The van der Waals surface area contributed by atoms with E-state index < -0.39 is 0 Å². The number of ether oxygens (including phenoxy) is 2. The van der Waals surface area contributed by atoms with Gasteiger partial charge in [0.2, 0.25) is 0 Å². The van der Waals surface area contributed by atoms with Crippen LogP contribution in [-0.4, -0.2) is 62.3 Å². The maximum atomic E-state index is 6.49. The predicted octanol–water partition coefficient (Wildman–Crippen LogP) is 2.17. The highest BCUT2D eigenvalue weighted by molar-refractivity contribution is 7.22. The smallest absolute Gasteiger partial charge is 0.292 e. The Labute approximate surface area is 151 Å². The van der Waals surface area contributed by atoms with Crippen molar-refractivity contribution in [2.75, 3.05) is 38.6 Å². The Morgan fingerprint density at radius 2 is 2.24 bits per heavy atom. The van der Waals surface area contributed by atoms with E-state index in [-0.39, 0.29) is 5.60 Å². The summed E-state index contributed by atoms with van der Waals surface area (Å²) >= 11 is 1.57. The predicted molar refractivity (Wildman–Crippen MR) is 99.3 cm³/mol. The molecule has 6 nitrogen and oxygen atoms in total. The van der Waals surface area contributed by atoms with Crippen LogP contribution in [0.15, 0.2) is 23.2 Å². The summed E-state index contributed by atoms with van der Waals surface area (Å²) in [5, 5.41) is 4.05. The molecule has 1 atom stereocenters. The van der Waals surface area contributed by atoms with Crippen LogP contribution >= 0.6 is 11.3 Å². The van der Waals surface area contributed by atoms with Gasteiger partial charge in [-0.3, -0.25) is 5.32 Å². The Bertz CT molecular complexity index is 861. The van der Waals surface area contributed by atoms with Crippen molar-refractivity contribution in [3.63, 3.8) is 0 Å². The number of benzene rings is 1. The van der Waals surface area contributed by atoms with Crippen molar-refractivity contribution in [3.05, 3.63) is 18.2 Å². The topological polar surface area (TPSA) is 55.7 Å². The first-order chi connectivity index (χ1) is 12.1. The minimum absolute atomic E-state index is 0.229. The van der Waals surface area contributed by atoms with Crippen molar-refractivity contribution in [3.8, 4) is 5.75 Å². The average molecular weight is 355 g/mol. The molecule has 1 aromatic heterocycles. The maximum absolute atomic E-state index is 6.49. The number of aromatic nitrogens is 1. The Morgan fingerprint density at radius 1 is 1.40 bits per heavy atom. The van der Waals surface area contributed by atoms with E-state index in [0.717, 1.165) is 53.6 Å². The molecule has 3 fully saturated rings. The molecule has 3 saturated heterocycles. The molecule has 8 heteroatoms. The molecule has 25 heavy (non-hydrogen) atoms. The van der Waals surface area contributed by atoms with E-state index >= 15 is 0 Å². The van der Waals surface area contributed by atoms with Gasteiger partial charge < -0.3 is 13.9 Å². The molecule has 1 spiro atoms. The minimum atomic E-state index is -0.229. The van der Waals surface area contributed by atoms with Gasteiger partial charge in [0.15, 0.2) is 10.7 Å². The number of hydrogen-bond acceptors (Lipinski definition) is 6. The number of anilines is 1. The number of hydrogen-bond donors (Lipinski definition) is 1. The third kappa shape index (κ3) is 2.50. The van der Waals surface area contributed by atoms with E-state index in [2.05, 4.69) is 15.3 Å².